The van der Waals surface area contributed by atoms with E-state index in [0.29, 0.717) is 47.6 Å². The van der Waals surface area contributed by atoms with Gasteiger partial charge in [0.05, 0.1) is 17.9 Å². The molecule has 3 aromatic rings. The van der Waals surface area contributed by atoms with Gasteiger partial charge in [-0.05, 0) is 29.8 Å². The topological polar surface area (TPSA) is 64.1 Å². The Labute approximate surface area is 204 Å². The zero-order valence-electron chi connectivity index (χ0n) is 18.0. The van der Waals surface area contributed by atoms with Crippen LogP contribution in [0.15, 0.2) is 36.4 Å². The van der Waals surface area contributed by atoms with Gasteiger partial charge in [-0.25, -0.2) is 13.8 Å². The summed E-state index contributed by atoms with van der Waals surface area (Å²) in [6, 6.07) is 7.43. The normalized spacial score (nSPS) is 15.6. The fraction of sp³-hybridized carbons (Fsp3) is 0.304. The Morgan fingerprint density at radius 3 is 2.76 bits per heavy atom. The summed E-state index contributed by atoms with van der Waals surface area (Å²) in [7, 11) is 0. The number of halogens is 3. The third-order valence-electron chi connectivity index (χ3n) is 5.46. The maximum atomic E-state index is 14.2. The standard InChI is InChI=1S/C23H21F2N3O4S.ClH/c24-16-12-17(25)22-20(13-16)33-23(26-22)28(6-5-27-7-9-30-10-8-27)21(29)4-2-15-1-3-18-19(11-15)32-14-31-18;/h1-4,11-13H,5-10,14H2;1H/b4-2+;. The molecule has 1 amide bonds. The average molecular weight is 510 g/mol. The minimum Gasteiger partial charge on any atom is -0.454 e. The molecule has 0 unspecified atom stereocenters. The lowest BCUT2D eigenvalue weighted by Crippen LogP contribution is -2.42. The van der Waals surface area contributed by atoms with Crippen LogP contribution in [0.2, 0.25) is 0 Å². The molecule has 0 spiro atoms. The lowest BCUT2D eigenvalue weighted by Gasteiger charge is -2.28. The number of carbonyl (C=O) groups is 1. The monoisotopic (exact) mass is 509 g/mol. The molecular formula is C23H22ClF2N3O4S. The number of fused-ring (bicyclic) bond motifs is 2. The van der Waals surface area contributed by atoms with Gasteiger partial charge >= 0.3 is 0 Å². The summed E-state index contributed by atoms with van der Waals surface area (Å²) in [5.41, 5.74) is 0.832. The van der Waals surface area contributed by atoms with Gasteiger partial charge in [-0.2, -0.15) is 0 Å². The Balaban J connectivity index is 0.00000274. The Kier molecular flexibility index (Phi) is 7.62. The van der Waals surface area contributed by atoms with Crippen LogP contribution in [0.25, 0.3) is 16.3 Å². The van der Waals surface area contributed by atoms with Crippen LogP contribution in [0.1, 0.15) is 5.56 Å². The van der Waals surface area contributed by atoms with Crippen LogP contribution >= 0.6 is 23.7 Å². The number of amides is 1. The minimum absolute atomic E-state index is 0. The van der Waals surface area contributed by atoms with Crippen molar-refractivity contribution in [3.63, 3.8) is 0 Å². The van der Waals surface area contributed by atoms with Crippen molar-refractivity contribution in [2.24, 2.45) is 0 Å². The number of rotatable bonds is 6. The van der Waals surface area contributed by atoms with Gasteiger partial charge in [0.2, 0.25) is 6.79 Å². The smallest absolute Gasteiger partial charge is 0.252 e. The summed E-state index contributed by atoms with van der Waals surface area (Å²) >= 11 is 1.09. The van der Waals surface area contributed by atoms with Gasteiger partial charge in [0.15, 0.2) is 22.4 Å². The molecule has 1 fully saturated rings. The van der Waals surface area contributed by atoms with E-state index >= 15 is 0 Å². The van der Waals surface area contributed by atoms with Crippen molar-refractivity contribution >= 4 is 51.1 Å². The molecule has 0 saturated carbocycles. The van der Waals surface area contributed by atoms with Crippen LogP contribution in [0.5, 0.6) is 11.5 Å². The fourth-order valence-corrected chi connectivity index (χ4v) is 4.74. The first-order chi connectivity index (χ1) is 16.1. The van der Waals surface area contributed by atoms with Crippen molar-refractivity contribution < 1.29 is 27.8 Å². The Morgan fingerprint density at radius 1 is 1.15 bits per heavy atom. The molecule has 1 saturated heterocycles. The maximum absolute atomic E-state index is 14.2. The van der Waals surface area contributed by atoms with E-state index in [1.165, 1.54) is 17.0 Å². The maximum Gasteiger partial charge on any atom is 0.252 e. The third kappa shape index (κ3) is 5.30. The first kappa shape index (κ1) is 24.3. The lowest BCUT2D eigenvalue weighted by molar-refractivity contribution is -0.114. The second kappa shape index (κ2) is 10.6. The van der Waals surface area contributed by atoms with Gasteiger partial charge < -0.3 is 14.2 Å². The van der Waals surface area contributed by atoms with Crippen molar-refractivity contribution in [1.82, 2.24) is 9.88 Å². The molecule has 11 heteroatoms. The molecule has 0 bridgehead atoms. The summed E-state index contributed by atoms with van der Waals surface area (Å²) in [4.78, 5) is 21.2. The molecule has 3 heterocycles. The van der Waals surface area contributed by atoms with Gasteiger partial charge in [0.25, 0.3) is 5.91 Å². The van der Waals surface area contributed by atoms with E-state index in [-0.39, 0.29) is 30.6 Å². The predicted octanol–water partition coefficient (Wildman–Crippen LogP) is 4.10. The first-order valence-electron chi connectivity index (χ1n) is 10.5. The number of anilines is 1. The van der Waals surface area contributed by atoms with Crippen molar-refractivity contribution in [1.29, 1.82) is 0 Å². The number of thiazole rings is 1. The van der Waals surface area contributed by atoms with Crippen molar-refractivity contribution in [3.8, 4) is 11.5 Å². The highest BCUT2D eigenvalue weighted by atomic mass is 35.5. The molecular weight excluding hydrogens is 488 g/mol. The molecule has 7 nitrogen and oxygen atoms in total. The summed E-state index contributed by atoms with van der Waals surface area (Å²) in [6.45, 7) is 3.97. The minimum atomic E-state index is -0.746. The van der Waals surface area contributed by atoms with Gasteiger partial charge in [0.1, 0.15) is 11.3 Å². The van der Waals surface area contributed by atoms with Crippen LogP contribution in [-0.4, -0.2) is 62.0 Å². The van der Waals surface area contributed by atoms with Crippen molar-refractivity contribution in [2.75, 3.05) is 51.1 Å². The van der Waals surface area contributed by atoms with Crippen molar-refractivity contribution in [3.05, 3.63) is 53.6 Å². The molecule has 0 radical (unpaired) electrons. The van der Waals surface area contributed by atoms with Gasteiger partial charge in [0, 0.05) is 38.3 Å². The SMILES string of the molecule is Cl.O=C(/C=C/c1ccc2c(c1)OCO2)N(CCN1CCOCC1)c1nc2c(F)cc(F)cc2s1. The quantitative estimate of drug-likeness (QED) is 0.466. The van der Waals surface area contributed by atoms with E-state index in [0.717, 1.165) is 36.1 Å². The van der Waals surface area contributed by atoms with Crippen LogP contribution in [0.3, 0.4) is 0 Å². The van der Waals surface area contributed by atoms with Crippen LogP contribution in [0.4, 0.5) is 13.9 Å². The number of aromatic nitrogens is 1. The van der Waals surface area contributed by atoms with Gasteiger partial charge in [-0.15, -0.1) is 12.4 Å². The third-order valence-corrected chi connectivity index (χ3v) is 6.48. The summed E-state index contributed by atoms with van der Waals surface area (Å²) in [5.74, 6) is -0.444. The summed E-state index contributed by atoms with van der Waals surface area (Å²) < 4.78 is 44.3. The second-order valence-corrected chi connectivity index (χ2v) is 8.63. The summed E-state index contributed by atoms with van der Waals surface area (Å²) in [6.07, 6.45) is 3.12. The van der Waals surface area contributed by atoms with Crippen molar-refractivity contribution in [2.45, 2.75) is 0 Å². The molecule has 5 rings (SSSR count). The number of morpholine rings is 1. The second-order valence-electron chi connectivity index (χ2n) is 7.62. The van der Waals surface area contributed by atoms with Gasteiger partial charge in [-0.3, -0.25) is 14.6 Å². The highest BCUT2D eigenvalue weighted by molar-refractivity contribution is 7.22. The molecule has 2 aromatic carbocycles. The van der Waals surface area contributed by atoms with E-state index in [2.05, 4.69) is 9.88 Å². The Hall–Kier alpha value is -2.79. The number of carbonyl (C=O) groups excluding carboxylic acids is 1. The molecule has 2 aliphatic rings. The van der Waals surface area contributed by atoms with Crippen LogP contribution in [0, 0.1) is 11.6 Å². The molecule has 34 heavy (non-hydrogen) atoms. The Bertz CT molecular complexity index is 1220. The summed E-state index contributed by atoms with van der Waals surface area (Å²) in [5, 5.41) is 0.322. The molecule has 2 aliphatic heterocycles. The van der Waals surface area contributed by atoms with Gasteiger partial charge in [-0.1, -0.05) is 17.4 Å². The number of hydrogen-bond acceptors (Lipinski definition) is 7. The largest absolute Gasteiger partial charge is 0.454 e. The number of hydrogen-bond donors (Lipinski definition) is 0. The van der Waals surface area contributed by atoms with E-state index < -0.39 is 11.6 Å². The van der Waals surface area contributed by atoms with E-state index in [9.17, 15) is 13.6 Å². The zero-order valence-corrected chi connectivity index (χ0v) is 19.7. The molecule has 1 aromatic heterocycles. The highest BCUT2D eigenvalue weighted by Gasteiger charge is 2.22. The average Bonchev–Trinajstić information content (AvgIpc) is 3.45. The predicted molar refractivity (Wildman–Crippen MR) is 128 cm³/mol. The lowest BCUT2D eigenvalue weighted by atomic mass is 10.2. The van der Waals surface area contributed by atoms with Crippen LogP contribution < -0.4 is 14.4 Å². The Morgan fingerprint density at radius 2 is 1.94 bits per heavy atom. The highest BCUT2D eigenvalue weighted by Crippen LogP contribution is 2.33. The molecule has 0 aliphatic carbocycles. The first-order valence-corrected chi connectivity index (χ1v) is 11.3. The number of ether oxygens (including phenoxy) is 3. The fourth-order valence-electron chi connectivity index (χ4n) is 3.70. The number of nitrogens with zero attached hydrogens (tertiary/aromatic N) is 3. The zero-order chi connectivity index (χ0) is 22.8. The van der Waals surface area contributed by atoms with E-state index in [4.69, 9.17) is 14.2 Å². The van der Waals surface area contributed by atoms with Crippen LogP contribution in [-0.2, 0) is 9.53 Å². The van der Waals surface area contributed by atoms with E-state index in [1.807, 2.05) is 6.07 Å². The molecule has 0 atom stereocenters. The molecule has 180 valence electrons. The number of benzene rings is 2. The van der Waals surface area contributed by atoms with E-state index in [1.54, 1.807) is 18.2 Å². The molecule has 0 N–H and O–H groups in total.